The van der Waals surface area contributed by atoms with Crippen LogP contribution in [0.1, 0.15) is 20.3 Å². The van der Waals surface area contributed by atoms with Crippen molar-refractivity contribution in [3.05, 3.63) is 11.6 Å². The second kappa shape index (κ2) is 5.29. The fourth-order valence-corrected chi connectivity index (χ4v) is 6.27. The monoisotopic (exact) mass is 324 g/mol. The molecule has 0 atom stereocenters. The number of hydrogen-bond acceptors (Lipinski definition) is 3. The molecular formula is C6H15O9P3. The lowest BCUT2D eigenvalue weighted by molar-refractivity contribution is 0.300. The molecule has 0 amide bonds. The van der Waals surface area contributed by atoms with Gasteiger partial charge in [-0.2, -0.15) is 0 Å². The van der Waals surface area contributed by atoms with Crippen LogP contribution in [-0.4, -0.2) is 34.0 Å². The van der Waals surface area contributed by atoms with Crippen LogP contribution >= 0.6 is 22.8 Å². The zero-order chi connectivity index (χ0) is 15.0. The van der Waals surface area contributed by atoms with Crippen molar-refractivity contribution in [1.82, 2.24) is 0 Å². The van der Waals surface area contributed by atoms with Gasteiger partial charge in [-0.1, -0.05) is 11.6 Å². The van der Waals surface area contributed by atoms with E-state index in [1.54, 1.807) is 0 Å². The average molecular weight is 324 g/mol. The maximum absolute atomic E-state index is 11.2. The van der Waals surface area contributed by atoms with E-state index in [0.29, 0.717) is 5.57 Å². The lowest BCUT2D eigenvalue weighted by Gasteiger charge is -2.33. The largest absolute Gasteiger partial charge is 0.356 e. The van der Waals surface area contributed by atoms with Gasteiger partial charge < -0.3 is 29.4 Å². The first-order chi connectivity index (χ1) is 7.67. The van der Waals surface area contributed by atoms with Crippen molar-refractivity contribution in [1.29, 1.82) is 0 Å². The molecule has 0 radical (unpaired) electrons. The summed E-state index contributed by atoms with van der Waals surface area (Å²) >= 11 is 0. The molecule has 0 aliphatic rings. The summed E-state index contributed by atoms with van der Waals surface area (Å²) in [7, 11) is -17.3. The Kier molecular flexibility index (Phi) is 5.34. The van der Waals surface area contributed by atoms with Crippen LogP contribution in [0, 0.1) is 0 Å². The molecule has 0 aliphatic heterocycles. The average Bonchev–Trinajstić information content (AvgIpc) is 1.94. The summed E-state index contributed by atoms with van der Waals surface area (Å²) in [5.41, 5.74) is 0.398. The molecule has 6 N–H and O–H groups in total. The molecule has 0 aromatic carbocycles. The Morgan fingerprint density at radius 3 is 1.33 bits per heavy atom. The molecular weight excluding hydrogens is 309 g/mol. The molecule has 0 aromatic rings. The Morgan fingerprint density at radius 1 is 0.889 bits per heavy atom. The molecule has 0 saturated carbocycles. The highest BCUT2D eigenvalue weighted by molar-refractivity contribution is 7.88. The Hall–Kier alpha value is 0.190. The van der Waals surface area contributed by atoms with Crippen LogP contribution < -0.4 is 0 Å². The fraction of sp³-hybridized carbons (Fsp3) is 0.667. The second-order valence-corrected chi connectivity index (χ2v) is 10.5. The number of rotatable bonds is 5. The van der Waals surface area contributed by atoms with E-state index >= 15 is 0 Å². The zero-order valence-corrected chi connectivity index (χ0v) is 12.2. The maximum atomic E-state index is 11.2. The minimum atomic E-state index is -5.78. The van der Waals surface area contributed by atoms with Gasteiger partial charge in [-0.15, -0.1) is 0 Å². The SMILES string of the molecule is CC(C)=CCC(P(=O)(O)O)(P(=O)(O)O)P(=O)(O)O. The van der Waals surface area contributed by atoms with Gasteiger partial charge in [0.05, 0.1) is 0 Å². The molecule has 0 aliphatic carbocycles. The topological polar surface area (TPSA) is 173 Å². The third-order valence-electron chi connectivity index (χ3n) is 2.18. The third kappa shape index (κ3) is 3.39. The van der Waals surface area contributed by atoms with Crippen LogP contribution in [0.2, 0.25) is 0 Å². The van der Waals surface area contributed by atoms with Gasteiger partial charge in [0.15, 0.2) is 0 Å². The van der Waals surface area contributed by atoms with Gasteiger partial charge in [0.1, 0.15) is 0 Å². The predicted octanol–water partition coefficient (Wildman–Crippen LogP) is 0.530. The van der Waals surface area contributed by atoms with Crippen molar-refractivity contribution >= 4 is 22.8 Å². The van der Waals surface area contributed by atoms with Crippen molar-refractivity contribution in [2.45, 2.75) is 24.9 Å². The minimum absolute atomic E-state index is 0.398. The molecule has 0 aromatic heterocycles. The highest BCUT2D eigenvalue weighted by atomic mass is 31.3. The molecule has 0 saturated heterocycles. The number of hydrogen-bond donors (Lipinski definition) is 6. The van der Waals surface area contributed by atoms with Crippen LogP contribution in [0.25, 0.3) is 0 Å². The van der Waals surface area contributed by atoms with E-state index in [9.17, 15) is 13.7 Å². The van der Waals surface area contributed by atoms with E-state index in [0.717, 1.165) is 6.08 Å². The molecule has 108 valence electrons. The van der Waals surface area contributed by atoms with Crippen molar-refractivity contribution in [3.8, 4) is 0 Å². The van der Waals surface area contributed by atoms with Crippen molar-refractivity contribution < 1.29 is 43.1 Å². The summed E-state index contributed by atoms with van der Waals surface area (Å²) in [6.07, 6.45) is -0.175. The standard InChI is InChI=1S/C6H15O9P3/c1-5(2)3-4-6(16(7,8)9,17(10,11)12)18(13,14)15/h3H,4H2,1-2H3,(H2,7,8,9)(H2,10,11,12)(H2,13,14,15). The van der Waals surface area contributed by atoms with E-state index in [4.69, 9.17) is 29.4 Å². The van der Waals surface area contributed by atoms with Crippen LogP contribution in [0.5, 0.6) is 0 Å². The number of allylic oxidation sites excluding steroid dienone is 2. The third-order valence-corrected chi connectivity index (χ3v) is 10.2. The normalized spacial score (nSPS) is 14.4. The van der Waals surface area contributed by atoms with Gasteiger partial charge in [-0.3, -0.25) is 13.7 Å². The van der Waals surface area contributed by atoms with Crippen molar-refractivity contribution in [2.75, 3.05) is 0 Å². The van der Waals surface area contributed by atoms with Gasteiger partial charge >= 0.3 is 22.8 Å². The highest BCUT2D eigenvalue weighted by Gasteiger charge is 2.70. The van der Waals surface area contributed by atoms with Crippen LogP contribution in [0.4, 0.5) is 0 Å². The molecule has 0 heterocycles. The lowest BCUT2D eigenvalue weighted by Crippen LogP contribution is -2.28. The zero-order valence-electron chi connectivity index (χ0n) is 9.53. The first-order valence-electron chi connectivity index (χ1n) is 4.47. The summed E-state index contributed by atoms with van der Waals surface area (Å²) in [6.45, 7) is 2.90. The van der Waals surface area contributed by atoms with Gasteiger partial charge in [0.25, 0.3) is 4.64 Å². The molecule has 18 heavy (non-hydrogen) atoms. The van der Waals surface area contributed by atoms with Gasteiger partial charge in [-0.05, 0) is 13.8 Å². The summed E-state index contributed by atoms with van der Waals surface area (Å²) in [5, 5.41) is 0. The van der Waals surface area contributed by atoms with E-state index in [-0.39, 0.29) is 0 Å². The Labute approximate surface area is 103 Å². The second-order valence-electron chi connectivity index (χ2n) is 3.89. The van der Waals surface area contributed by atoms with Gasteiger partial charge in [0.2, 0.25) is 0 Å². The maximum Gasteiger partial charge on any atom is 0.356 e. The van der Waals surface area contributed by atoms with E-state index in [2.05, 4.69) is 0 Å². The molecule has 0 spiro atoms. The Bertz CT molecular complexity index is 417. The Morgan fingerprint density at radius 2 is 1.17 bits per heavy atom. The van der Waals surface area contributed by atoms with Crippen LogP contribution in [0.15, 0.2) is 11.6 Å². The van der Waals surface area contributed by atoms with Crippen molar-refractivity contribution in [3.63, 3.8) is 0 Å². The van der Waals surface area contributed by atoms with Crippen molar-refractivity contribution in [2.24, 2.45) is 0 Å². The summed E-state index contributed by atoms with van der Waals surface area (Å²) in [5.74, 6) is 0. The van der Waals surface area contributed by atoms with Crippen LogP contribution in [0.3, 0.4) is 0 Å². The fourth-order valence-electron chi connectivity index (χ4n) is 1.21. The van der Waals surface area contributed by atoms with Crippen LogP contribution in [-0.2, 0) is 13.7 Å². The first kappa shape index (κ1) is 18.2. The Balaban J connectivity index is 6.28. The molecule has 0 rings (SSSR count). The molecule has 0 bridgehead atoms. The van der Waals surface area contributed by atoms with E-state index < -0.39 is 33.8 Å². The molecule has 0 fully saturated rings. The van der Waals surface area contributed by atoms with Gasteiger partial charge in [0, 0.05) is 6.42 Å². The van der Waals surface area contributed by atoms with Gasteiger partial charge in [-0.25, -0.2) is 0 Å². The molecule has 9 nitrogen and oxygen atoms in total. The molecule has 0 unspecified atom stereocenters. The van der Waals surface area contributed by atoms with E-state index in [1.165, 1.54) is 13.8 Å². The smallest absolute Gasteiger partial charge is 0.323 e. The first-order valence-corrected chi connectivity index (χ1v) is 9.31. The summed E-state index contributed by atoms with van der Waals surface area (Å²) in [4.78, 5) is 54.1. The van der Waals surface area contributed by atoms with E-state index in [1.807, 2.05) is 0 Å². The highest BCUT2D eigenvalue weighted by Crippen LogP contribution is 2.84. The summed E-state index contributed by atoms with van der Waals surface area (Å²) < 4.78 is 30.0. The minimum Gasteiger partial charge on any atom is -0.323 e. The lowest BCUT2D eigenvalue weighted by atomic mass is 10.3. The summed E-state index contributed by atoms with van der Waals surface area (Å²) in [6, 6.07) is 0. The molecule has 12 heteroatoms. The quantitative estimate of drug-likeness (QED) is 0.311. The predicted molar refractivity (Wildman–Crippen MR) is 62.9 cm³/mol.